The number of carbonyl (C=O) groups excluding carboxylic acids is 2. The lowest BCUT2D eigenvalue weighted by Gasteiger charge is -2.26. The van der Waals surface area contributed by atoms with Crippen LogP contribution in [-0.2, 0) is 20.8 Å². The third-order valence-electron chi connectivity index (χ3n) is 5.89. The molecule has 0 spiro atoms. The first-order valence-electron chi connectivity index (χ1n) is 10.9. The second kappa shape index (κ2) is 10.5. The summed E-state index contributed by atoms with van der Waals surface area (Å²) in [6, 6.07) is 14.7. The van der Waals surface area contributed by atoms with Gasteiger partial charge in [-0.1, -0.05) is 47.5 Å². The van der Waals surface area contributed by atoms with Crippen LogP contribution in [0.2, 0.25) is 10.0 Å². The Kier molecular flexibility index (Phi) is 7.42. The number of aliphatic hydroxyl groups is 1. The normalized spacial score (nSPS) is 16.6. The van der Waals surface area contributed by atoms with Gasteiger partial charge in [-0.3, -0.25) is 19.3 Å². The predicted molar refractivity (Wildman–Crippen MR) is 139 cm³/mol. The van der Waals surface area contributed by atoms with Gasteiger partial charge in [-0.25, -0.2) is 0 Å². The second-order valence-corrected chi connectivity index (χ2v) is 8.99. The van der Waals surface area contributed by atoms with E-state index in [0.29, 0.717) is 22.6 Å². The SMILES string of the molecule is COc1cccc(C2/C(=C(\O)c3cc(Cl)cc(Cl)c3OC)C(=O)C(=O)N2c2ccc(CC(=O)O)cc2)c1. The van der Waals surface area contributed by atoms with Crippen LogP contribution in [0.4, 0.5) is 5.69 Å². The minimum absolute atomic E-state index is 0.0442. The minimum atomic E-state index is -1.05. The van der Waals surface area contributed by atoms with Crippen LogP contribution in [0.15, 0.2) is 66.2 Å². The highest BCUT2D eigenvalue weighted by Gasteiger charge is 2.47. The van der Waals surface area contributed by atoms with E-state index in [4.69, 9.17) is 37.8 Å². The molecule has 0 saturated carbocycles. The van der Waals surface area contributed by atoms with E-state index in [-0.39, 0.29) is 33.4 Å². The van der Waals surface area contributed by atoms with Crippen LogP contribution in [-0.4, -0.2) is 42.1 Å². The number of aliphatic carboxylic acids is 1. The van der Waals surface area contributed by atoms with Gasteiger partial charge < -0.3 is 19.7 Å². The summed E-state index contributed by atoms with van der Waals surface area (Å²) in [7, 11) is 2.83. The van der Waals surface area contributed by atoms with Gasteiger partial charge in [0.1, 0.15) is 17.3 Å². The van der Waals surface area contributed by atoms with Crippen molar-refractivity contribution in [1.29, 1.82) is 0 Å². The number of rotatable bonds is 7. The number of ketones is 1. The molecule has 2 N–H and O–H groups in total. The van der Waals surface area contributed by atoms with Crippen molar-refractivity contribution in [2.45, 2.75) is 12.5 Å². The van der Waals surface area contributed by atoms with Crippen LogP contribution in [0.1, 0.15) is 22.7 Å². The standard InChI is InChI=1S/C27H21Cl2NO7/c1-36-18-5-3-4-15(11-18)23-22(24(33)19-12-16(28)13-20(29)26(19)37-2)25(34)27(35)30(23)17-8-6-14(7-9-17)10-21(31)32/h3-9,11-13,23,33H,10H2,1-2H3,(H,31,32)/b24-22+. The van der Waals surface area contributed by atoms with Crippen molar-refractivity contribution in [3.8, 4) is 11.5 Å². The van der Waals surface area contributed by atoms with Gasteiger partial charge in [0.15, 0.2) is 0 Å². The molecule has 190 valence electrons. The van der Waals surface area contributed by atoms with Crippen molar-refractivity contribution >= 4 is 52.3 Å². The minimum Gasteiger partial charge on any atom is -0.507 e. The van der Waals surface area contributed by atoms with Crippen molar-refractivity contribution in [2.24, 2.45) is 0 Å². The van der Waals surface area contributed by atoms with Gasteiger partial charge in [0.2, 0.25) is 0 Å². The maximum atomic E-state index is 13.4. The average Bonchev–Trinajstić information content (AvgIpc) is 3.13. The zero-order valence-corrected chi connectivity index (χ0v) is 21.2. The molecule has 3 aromatic carbocycles. The molecule has 8 nitrogen and oxygen atoms in total. The first kappa shape index (κ1) is 26.1. The number of anilines is 1. The molecule has 0 bridgehead atoms. The van der Waals surface area contributed by atoms with E-state index in [9.17, 15) is 19.5 Å². The Balaban J connectivity index is 1.96. The molecule has 1 amide bonds. The predicted octanol–water partition coefficient (Wildman–Crippen LogP) is 5.26. The summed E-state index contributed by atoms with van der Waals surface area (Å²) in [6.07, 6.45) is -0.201. The molecule has 3 aromatic rings. The molecule has 4 rings (SSSR count). The summed E-state index contributed by atoms with van der Waals surface area (Å²) in [5, 5.41) is 20.8. The molecule has 1 aliphatic rings. The van der Waals surface area contributed by atoms with Crippen LogP contribution < -0.4 is 14.4 Å². The van der Waals surface area contributed by atoms with Crippen LogP contribution >= 0.6 is 23.2 Å². The highest BCUT2D eigenvalue weighted by atomic mass is 35.5. The van der Waals surface area contributed by atoms with Crippen molar-refractivity contribution in [2.75, 3.05) is 19.1 Å². The van der Waals surface area contributed by atoms with E-state index >= 15 is 0 Å². The number of benzene rings is 3. The van der Waals surface area contributed by atoms with Crippen molar-refractivity contribution in [3.05, 3.63) is 93.0 Å². The Bertz CT molecular complexity index is 1430. The van der Waals surface area contributed by atoms with Gasteiger partial charge in [-0.05, 0) is 47.5 Å². The lowest BCUT2D eigenvalue weighted by Crippen LogP contribution is -2.29. The summed E-state index contributed by atoms with van der Waals surface area (Å²) in [4.78, 5) is 39.1. The molecule has 10 heteroatoms. The smallest absolute Gasteiger partial charge is 0.307 e. The third kappa shape index (κ3) is 4.98. The molecule has 0 aliphatic carbocycles. The van der Waals surface area contributed by atoms with E-state index < -0.39 is 29.5 Å². The molecule has 1 fully saturated rings. The largest absolute Gasteiger partial charge is 0.507 e. The molecule has 1 saturated heterocycles. The monoisotopic (exact) mass is 541 g/mol. The van der Waals surface area contributed by atoms with Gasteiger partial charge in [0, 0.05) is 10.7 Å². The fourth-order valence-corrected chi connectivity index (χ4v) is 4.83. The molecular formula is C27H21Cl2NO7. The Morgan fingerprint density at radius 1 is 0.973 bits per heavy atom. The topological polar surface area (TPSA) is 113 Å². The maximum absolute atomic E-state index is 13.4. The Morgan fingerprint density at radius 2 is 1.68 bits per heavy atom. The number of carbonyl (C=O) groups is 3. The van der Waals surface area contributed by atoms with Crippen LogP contribution in [0.5, 0.6) is 11.5 Å². The van der Waals surface area contributed by atoms with E-state index in [0.717, 1.165) is 0 Å². The number of halogens is 2. The summed E-state index contributed by atoms with van der Waals surface area (Å²) in [5.41, 5.74) is 1.18. The van der Waals surface area contributed by atoms with E-state index in [2.05, 4.69) is 0 Å². The molecule has 1 heterocycles. The number of carboxylic acids is 1. The molecular weight excluding hydrogens is 521 g/mol. The van der Waals surface area contributed by atoms with Crippen LogP contribution in [0.3, 0.4) is 0 Å². The number of Topliss-reactive ketones (excluding diaryl/α,β-unsaturated/α-hetero) is 1. The van der Waals surface area contributed by atoms with Crippen molar-refractivity contribution in [1.82, 2.24) is 0 Å². The number of aliphatic hydroxyl groups excluding tert-OH is 1. The van der Waals surface area contributed by atoms with Gasteiger partial charge >= 0.3 is 5.97 Å². The highest BCUT2D eigenvalue weighted by Crippen LogP contribution is 2.45. The maximum Gasteiger partial charge on any atom is 0.307 e. The molecule has 1 unspecified atom stereocenters. The zero-order valence-electron chi connectivity index (χ0n) is 19.7. The summed E-state index contributed by atoms with van der Waals surface area (Å²) < 4.78 is 10.7. The first-order chi connectivity index (χ1) is 17.7. The number of amides is 1. The van der Waals surface area contributed by atoms with Gasteiger partial charge in [-0.15, -0.1) is 0 Å². The third-order valence-corrected chi connectivity index (χ3v) is 6.39. The van der Waals surface area contributed by atoms with E-state index in [1.165, 1.54) is 31.3 Å². The van der Waals surface area contributed by atoms with Gasteiger partial charge in [0.05, 0.1) is 42.8 Å². The van der Waals surface area contributed by atoms with Gasteiger partial charge in [0.25, 0.3) is 11.7 Å². The molecule has 37 heavy (non-hydrogen) atoms. The Morgan fingerprint density at radius 3 is 2.30 bits per heavy atom. The van der Waals surface area contributed by atoms with Crippen LogP contribution in [0.25, 0.3) is 5.76 Å². The summed E-state index contributed by atoms with van der Waals surface area (Å²) in [6.45, 7) is 0. The Hall–Kier alpha value is -4.01. The summed E-state index contributed by atoms with van der Waals surface area (Å²) >= 11 is 12.4. The van der Waals surface area contributed by atoms with E-state index in [1.807, 2.05) is 0 Å². The fraction of sp³-hybridized carbons (Fsp3) is 0.148. The lowest BCUT2D eigenvalue weighted by molar-refractivity contribution is -0.136. The van der Waals surface area contributed by atoms with Gasteiger partial charge in [-0.2, -0.15) is 0 Å². The fourth-order valence-electron chi connectivity index (χ4n) is 4.26. The number of methoxy groups -OCH3 is 2. The Labute approximate surface area is 222 Å². The number of carboxylic acid groups (broad SMARTS) is 1. The molecule has 0 aromatic heterocycles. The molecule has 1 atom stereocenters. The zero-order chi connectivity index (χ0) is 26.9. The van der Waals surface area contributed by atoms with Crippen molar-refractivity contribution < 1.29 is 34.1 Å². The number of nitrogens with zero attached hydrogens (tertiary/aromatic N) is 1. The first-order valence-corrected chi connectivity index (χ1v) is 11.7. The summed E-state index contributed by atoms with van der Waals surface area (Å²) in [5.74, 6) is -2.78. The number of ether oxygens (including phenoxy) is 2. The number of hydrogen-bond acceptors (Lipinski definition) is 6. The van der Waals surface area contributed by atoms with Crippen LogP contribution in [0, 0.1) is 0 Å². The highest BCUT2D eigenvalue weighted by molar-refractivity contribution is 6.52. The quantitative estimate of drug-likeness (QED) is 0.238. The molecule has 1 aliphatic heterocycles. The molecule has 0 radical (unpaired) electrons. The lowest BCUT2D eigenvalue weighted by atomic mass is 9.94. The second-order valence-electron chi connectivity index (χ2n) is 8.15. The van der Waals surface area contributed by atoms with E-state index in [1.54, 1.807) is 48.5 Å². The number of hydrogen-bond donors (Lipinski definition) is 2. The average molecular weight is 542 g/mol. The van der Waals surface area contributed by atoms with Crippen molar-refractivity contribution in [3.63, 3.8) is 0 Å².